The van der Waals surface area contributed by atoms with Gasteiger partial charge in [-0.1, -0.05) is 12.1 Å². The maximum Gasteiger partial charge on any atom is 0.241 e. The third kappa shape index (κ3) is 2.02. The molecule has 0 atom stereocenters. The Balaban J connectivity index is 1.78. The maximum atomic E-state index is 12.0. The second-order valence-electron chi connectivity index (χ2n) is 5.49. The summed E-state index contributed by atoms with van der Waals surface area (Å²) in [6.45, 7) is 2.19. The summed E-state index contributed by atoms with van der Waals surface area (Å²) in [5.41, 5.74) is 8.24. The van der Waals surface area contributed by atoms with E-state index < -0.39 is 0 Å². The van der Waals surface area contributed by atoms with Crippen molar-refractivity contribution in [3.8, 4) is 0 Å². The topological polar surface area (TPSA) is 49.6 Å². The first-order valence-electron chi connectivity index (χ1n) is 6.47. The second kappa shape index (κ2) is 4.07. The van der Waals surface area contributed by atoms with Crippen molar-refractivity contribution in [3.63, 3.8) is 0 Å². The van der Waals surface area contributed by atoms with Gasteiger partial charge in [0.05, 0.1) is 6.54 Å². The predicted molar refractivity (Wildman–Crippen MR) is 71.4 cm³/mol. The van der Waals surface area contributed by atoms with E-state index in [0.717, 1.165) is 31.6 Å². The molecule has 0 aromatic heterocycles. The fraction of sp³-hybridized carbons (Fsp3) is 0.500. The number of nitrogens with two attached hydrogens (primary N) is 1. The molecule has 4 heteroatoms. The van der Waals surface area contributed by atoms with E-state index >= 15 is 0 Å². The Labute approximate surface area is 107 Å². The molecule has 0 radical (unpaired) electrons. The quantitative estimate of drug-likeness (QED) is 0.842. The normalized spacial score (nSPS) is 23.2. The Morgan fingerprint density at radius 2 is 1.83 bits per heavy atom. The van der Waals surface area contributed by atoms with Crippen LogP contribution in [0.3, 0.4) is 0 Å². The van der Waals surface area contributed by atoms with E-state index in [9.17, 15) is 4.79 Å². The third-order valence-corrected chi connectivity index (χ3v) is 3.95. The molecule has 1 saturated carbocycles. The molecule has 18 heavy (non-hydrogen) atoms. The van der Waals surface area contributed by atoms with Crippen LogP contribution in [0.5, 0.6) is 0 Å². The van der Waals surface area contributed by atoms with E-state index in [1.165, 1.54) is 5.56 Å². The molecule has 2 aliphatic rings. The molecule has 1 heterocycles. The van der Waals surface area contributed by atoms with Crippen LogP contribution in [-0.4, -0.2) is 37.5 Å². The van der Waals surface area contributed by atoms with Gasteiger partial charge in [0.1, 0.15) is 0 Å². The van der Waals surface area contributed by atoms with Crippen molar-refractivity contribution in [1.29, 1.82) is 0 Å². The van der Waals surface area contributed by atoms with Gasteiger partial charge >= 0.3 is 0 Å². The van der Waals surface area contributed by atoms with E-state index in [4.69, 9.17) is 5.73 Å². The van der Waals surface area contributed by atoms with Crippen molar-refractivity contribution in [2.75, 3.05) is 31.6 Å². The number of piperazine rings is 1. The Hall–Kier alpha value is -1.39. The lowest BCUT2D eigenvalue weighted by Gasteiger charge is -2.32. The van der Waals surface area contributed by atoms with Crippen molar-refractivity contribution in [2.24, 2.45) is 5.73 Å². The van der Waals surface area contributed by atoms with Gasteiger partial charge in [0.25, 0.3) is 0 Å². The Morgan fingerprint density at radius 3 is 2.39 bits per heavy atom. The molecule has 0 spiro atoms. The molecule has 4 nitrogen and oxygen atoms in total. The molecule has 1 amide bonds. The minimum Gasteiger partial charge on any atom is -0.321 e. The van der Waals surface area contributed by atoms with Crippen molar-refractivity contribution < 1.29 is 4.79 Å². The summed E-state index contributed by atoms with van der Waals surface area (Å²) < 4.78 is 0. The summed E-state index contributed by atoms with van der Waals surface area (Å²) >= 11 is 0. The van der Waals surface area contributed by atoms with Gasteiger partial charge in [0, 0.05) is 24.3 Å². The highest BCUT2D eigenvalue weighted by atomic mass is 16.2. The van der Waals surface area contributed by atoms with E-state index in [2.05, 4.69) is 12.1 Å². The summed E-state index contributed by atoms with van der Waals surface area (Å²) in [5, 5.41) is 0. The van der Waals surface area contributed by atoms with Crippen molar-refractivity contribution in [3.05, 3.63) is 29.8 Å². The van der Waals surface area contributed by atoms with Crippen molar-refractivity contribution in [2.45, 2.75) is 18.4 Å². The number of anilines is 1. The zero-order valence-corrected chi connectivity index (χ0v) is 10.7. The maximum absolute atomic E-state index is 12.0. The molecular weight excluding hydrogens is 226 g/mol. The number of carbonyl (C=O) groups is 1. The van der Waals surface area contributed by atoms with E-state index in [0.29, 0.717) is 6.54 Å². The summed E-state index contributed by atoms with van der Waals surface area (Å²) in [7, 11) is 1.98. The predicted octanol–water partition coefficient (Wildman–Crippen LogP) is 0.913. The fourth-order valence-corrected chi connectivity index (χ4v) is 2.46. The molecule has 1 aliphatic carbocycles. The SMILES string of the molecule is CN1CCN(c2ccc(C3(N)CC3)cc2)C(=O)C1. The first-order chi connectivity index (χ1) is 8.58. The van der Waals surface area contributed by atoms with Crippen LogP contribution in [0.4, 0.5) is 5.69 Å². The Kier molecular flexibility index (Phi) is 2.64. The van der Waals surface area contributed by atoms with Crippen LogP contribution in [-0.2, 0) is 10.3 Å². The second-order valence-corrected chi connectivity index (χ2v) is 5.49. The molecule has 3 rings (SSSR count). The lowest BCUT2D eigenvalue weighted by atomic mass is 10.1. The number of likely N-dealkylation sites (N-methyl/N-ethyl adjacent to an activating group) is 1. The van der Waals surface area contributed by atoms with Gasteiger partial charge in [-0.3, -0.25) is 9.69 Å². The summed E-state index contributed by atoms with van der Waals surface area (Å²) in [6, 6.07) is 8.17. The summed E-state index contributed by atoms with van der Waals surface area (Å²) in [6.07, 6.45) is 2.14. The van der Waals surface area contributed by atoms with Crippen LogP contribution >= 0.6 is 0 Å². The number of amides is 1. The van der Waals surface area contributed by atoms with E-state index in [1.54, 1.807) is 0 Å². The molecule has 1 saturated heterocycles. The molecule has 0 bridgehead atoms. The van der Waals surface area contributed by atoms with Gasteiger partial charge in [0.2, 0.25) is 5.91 Å². The molecule has 0 unspecified atom stereocenters. The number of carbonyl (C=O) groups excluding carboxylic acids is 1. The van der Waals surface area contributed by atoms with Crippen LogP contribution in [0.2, 0.25) is 0 Å². The zero-order valence-electron chi connectivity index (χ0n) is 10.7. The van der Waals surface area contributed by atoms with Crippen molar-refractivity contribution >= 4 is 11.6 Å². The number of benzene rings is 1. The van der Waals surface area contributed by atoms with Gasteiger partial charge in [0.15, 0.2) is 0 Å². The van der Waals surface area contributed by atoms with Crippen molar-refractivity contribution in [1.82, 2.24) is 4.90 Å². The highest BCUT2D eigenvalue weighted by Gasteiger charge is 2.39. The lowest BCUT2D eigenvalue weighted by Crippen LogP contribution is -2.48. The monoisotopic (exact) mass is 245 g/mol. The number of rotatable bonds is 2. The first kappa shape index (κ1) is 11.7. The Morgan fingerprint density at radius 1 is 1.17 bits per heavy atom. The van der Waals surface area contributed by atoms with Crippen LogP contribution in [0.25, 0.3) is 0 Å². The molecular formula is C14H19N3O. The molecule has 1 aromatic carbocycles. The van der Waals surface area contributed by atoms with Crippen LogP contribution in [0.1, 0.15) is 18.4 Å². The van der Waals surface area contributed by atoms with Gasteiger partial charge in [-0.05, 0) is 37.6 Å². The molecule has 96 valence electrons. The van der Waals surface area contributed by atoms with Crippen LogP contribution in [0, 0.1) is 0 Å². The largest absolute Gasteiger partial charge is 0.321 e. The number of hydrogen-bond donors (Lipinski definition) is 1. The van der Waals surface area contributed by atoms with Gasteiger partial charge in [-0.15, -0.1) is 0 Å². The highest BCUT2D eigenvalue weighted by Crippen LogP contribution is 2.42. The first-order valence-corrected chi connectivity index (χ1v) is 6.47. The zero-order chi connectivity index (χ0) is 12.8. The summed E-state index contributed by atoms with van der Waals surface area (Å²) in [5.74, 6) is 0.172. The summed E-state index contributed by atoms with van der Waals surface area (Å²) in [4.78, 5) is 15.9. The van der Waals surface area contributed by atoms with Crippen LogP contribution in [0.15, 0.2) is 24.3 Å². The minimum absolute atomic E-state index is 0.0926. The third-order valence-electron chi connectivity index (χ3n) is 3.95. The van der Waals surface area contributed by atoms with Crippen LogP contribution < -0.4 is 10.6 Å². The van der Waals surface area contributed by atoms with E-state index in [-0.39, 0.29) is 11.4 Å². The van der Waals surface area contributed by atoms with Gasteiger partial charge in [-0.2, -0.15) is 0 Å². The standard InChI is InChI=1S/C14H19N3O/c1-16-8-9-17(13(18)10-16)12-4-2-11(3-5-12)14(15)6-7-14/h2-5H,6-10,15H2,1H3. The number of hydrogen-bond acceptors (Lipinski definition) is 3. The highest BCUT2D eigenvalue weighted by molar-refractivity contribution is 5.95. The Bertz CT molecular complexity index is 464. The average molecular weight is 245 g/mol. The molecule has 2 N–H and O–H groups in total. The molecule has 1 aromatic rings. The fourth-order valence-electron chi connectivity index (χ4n) is 2.46. The molecule has 2 fully saturated rings. The van der Waals surface area contributed by atoms with E-state index in [1.807, 2.05) is 29.0 Å². The smallest absolute Gasteiger partial charge is 0.241 e. The molecule has 1 aliphatic heterocycles. The van der Waals surface area contributed by atoms with Gasteiger partial charge < -0.3 is 10.6 Å². The van der Waals surface area contributed by atoms with Gasteiger partial charge in [-0.25, -0.2) is 0 Å². The minimum atomic E-state index is -0.0926. The lowest BCUT2D eigenvalue weighted by molar-refractivity contribution is -0.120. The average Bonchev–Trinajstić information content (AvgIpc) is 3.09. The number of nitrogens with zero attached hydrogens (tertiary/aromatic N) is 2.